The Bertz CT molecular complexity index is 4880. The Morgan fingerprint density at radius 2 is 0.685 bits per heavy atom. The monoisotopic (exact) mass is 1240 g/mol. The van der Waals surface area contributed by atoms with Gasteiger partial charge in [-0.3, -0.25) is 0 Å². The second-order valence-corrected chi connectivity index (χ2v) is 19.7. The molecule has 6 bridgehead atoms. The number of ether oxygens (including phenoxy) is 6. The molecule has 456 valence electrons. The number of aromatic hydroxyl groups is 19. The average Bonchev–Trinajstić information content (AvgIpc) is 0.840. The van der Waals surface area contributed by atoms with Gasteiger partial charge in [-0.2, -0.15) is 0 Å². The Hall–Kier alpha value is -13.0. The van der Waals surface area contributed by atoms with E-state index < -0.39 is 282 Å². The van der Waals surface area contributed by atoms with Gasteiger partial charge in [-0.05, 0) is 36.4 Å². The molecule has 1 fully saturated rings. The lowest BCUT2D eigenvalue weighted by Gasteiger charge is -2.44. The first-order valence-electron chi connectivity index (χ1n) is 24.7. The minimum absolute atomic E-state index is 0.236. The molecule has 1 saturated heterocycles. The molecule has 0 saturated carbocycles. The van der Waals surface area contributed by atoms with E-state index in [1.807, 2.05) is 0 Å². The quantitative estimate of drug-likeness (QED) is 0.0389. The van der Waals surface area contributed by atoms with Crippen LogP contribution in [0.4, 0.5) is 0 Å². The van der Waals surface area contributed by atoms with Crippen molar-refractivity contribution in [2.75, 3.05) is 6.61 Å². The van der Waals surface area contributed by atoms with Gasteiger partial charge in [-0.15, -0.1) is 0 Å². The Labute approximate surface area is 484 Å². The fraction of sp³-hybridized carbons (Fsp3) is 0.109. The van der Waals surface area contributed by atoms with Gasteiger partial charge in [-0.1, -0.05) is 0 Å². The van der Waals surface area contributed by atoms with Crippen molar-refractivity contribution in [1.29, 1.82) is 0 Å². The molecule has 19 N–H and O–H groups in total. The number of cyclic esters (lactones) is 1. The topological polar surface area (TPSA) is 586 Å². The summed E-state index contributed by atoms with van der Waals surface area (Å²) in [5.41, 5.74) is -19.9. The largest absolute Gasteiger partial charge is 0.504 e. The van der Waals surface area contributed by atoms with E-state index in [9.17, 15) is 126 Å². The van der Waals surface area contributed by atoms with Crippen LogP contribution in [-0.2, 0) is 28.4 Å². The Kier molecular flexibility index (Phi) is 12.2. The predicted molar refractivity (Wildman–Crippen MR) is 280 cm³/mol. The summed E-state index contributed by atoms with van der Waals surface area (Å²) in [6, 6.07) is 2.10. The molecule has 5 atom stereocenters. The molecule has 0 amide bonds. The highest BCUT2D eigenvalue weighted by Gasteiger charge is 2.56. The molecule has 7 aromatic carbocycles. The van der Waals surface area contributed by atoms with Gasteiger partial charge >= 0.3 is 41.1 Å². The molecular weight excluding hydrogens is 1200 g/mol. The third-order valence-corrected chi connectivity index (χ3v) is 14.7. The van der Waals surface area contributed by atoms with E-state index in [0.29, 0.717) is 30.3 Å². The Morgan fingerprint density at radius 3 is 1.08 bits per heavy atom. The van der Waals surface area contributed by atoms with E-state index in [2.05, 4.69) is 0 Å². The second kappa shape index (κ2) is 19.3. The van der Waals surface area contributed by atoms with Gasteiger partial charge in [0.15, 0.2) is 98.1 Å². The summed E-state index contributed by atoms with van der Waals surface area (Å²) >= 11 is 0. The van der Waals surface area contributed by atoms with Crippen molar-refractivity contribution >= 4 is 62.6 Å². The summed E-state index contributed by atoms with van der Waals surface area (Å²) < 4.78 is 45.1. The first-order chi connectivity index (χ1) is 41.9. The molecule has 0 aliphatic carbocycles. The number of benzene rings is 7. The van der Waals surface area contributed by atoms with Crippen LogP contribution in [0.2, 0.25) is 0 Å². The van der Waals surface area contributed by atoms with Gasteiger partial charge in [0.05, 0.1) is 38.6 Å². The van der Waals surface area contributed by atoms with Crippen LogP contribution in [0.5, 0.6) is 109 Å². The van der Waals surface area contributed by atoms with Gasteiger partial charge in [0.25, 0.3) is 0 Å². The number of fused-ring (bicyclic) bond motifs is 10. The van der Waals surface area contributed by atoms with Crippen LogP contribution in [0.15, 0.2) is 54.8 Å². The Morgan fingerprint density at radius 1 is 0.360 bits per heavy atom. The van der Waals surface area contributed by atoms with E-state index >= 15 is 4.79 Å². The zero-order chi connectivity index (χ0) is 64.3. The lowest BCUT2D eigenvalue weighted by molar-refractivity contribution is -0.282. The van der Waals surface area contributed by atoms with Gasteiger partial charge in [0.2, 0.25) is 46.9 Å². The molecule has 2 unspecified atom stereocenters. The third-order valence-electron chi connectivity index (χ3n) is 14.7. The maximum absolute atomic E-state index is 15.3. The molecular formula is C55H32O34. The molecule has 0 radical (unpaired) electrons. The lowest BCUT2D eigenvalue weighted by Crippen LogP contribution is -2.63. The number of esters is 5. The normalized spacial score (nSPS) is 18.2. The molecule has 34 nitrogen and oxygen atoms in total. The van der Waals surface area contributed by atoms with Crippen LogP contribution >= 0.6 is 0 Å². The van der Waals surface area contributed by atoms with Crippen molar-refractivity contribution in [1.82, 2.24) is 0 Å². The smallest absolute Gasteiger partial charge is 0.345 e. The van der Waals surface area contributed by atoms with E-state index in [4.69, 9.17) is 37.3 Å². The molecule has 2 aromatic heterocycles. The van der Waals surface area contributed by atoms with Gasteiger partial charge in [-0.25, -0.2) is 33.6 Å². The van der Waals surface area contributed by atoms with E-state index in [-0.39, 0.29) is 6.07 Å². The van der Waals surface area contributed by atoms with Gasteiger partial charge in [0, 0.05) is 44.2 Å². The number of hydrogen-bond donors (Lipinski definition) is 19. The van der Waals surface area contributed by atoms with Gasteiger partial charge in [0.1, 0.15) is 12.7 Å². The summed E-state index contributed by atoms with van der Waals surface area (Å²) in [6.45, 7) is -1.63. The standard InChI is InChI=1S/C55H32O34/c56-13-1-8(2-14(57)30(13)62)48(75)89-55-47-46(87-51(78)10-4-16(59)31(63)35(67)20(10)21-11(52(79)88-47)5-17(60)32(64)36(21)68)43-19(83-55)7-82-49(76)9-3-15(58)33(65)37(69)22(9)24-28-26-27-29(54(81)86-44(26)41(73)39(24)71)25(40(72)42(74)45(27)85-53(28)80)23-12(50(77)84-43)6-18(61)34(66)38(23)70/h1-6,19,43,46-47,55-74H,7H2/t19?,43-,46-,47+,55?/m1/s1. The van der Waals surface area contributed by atoms with Crippen molar-refractivity contribution in [3.05, 3.63) is 85.1 Å². The van der Waals surface area contributed by atoms with E-state index in [1.54, 1.807) is 0 Å². The maximum Gasteiger partial charge on any atom is 0.345 e. The van der Waals surface area contributed by atoms with Crippen LogP contribution in [-0.4, -0.2) is 164 Å². The first-order valence-corrected chi connectivity index (χ1v) is 24.7. The number of phenols is 19. The number of hydrogen-bond acceptors (Lipinski definition) is 34. The summed E-state index contributed by atoms with van der Waals surface area (Å²) in [5.74, 6) is -38.1. The first kappa shape index (κ1) is 56.5. The van der Waals surface area contributed by atoms with Crippen LogP contribution in [0.25, 0.3) is 66.1 Å². The van der Waals surface area contributed by atoms with Crippen LogP contribution in [0.3, 0.4) is 0 Å². The lowest BCUT2D eigenvalue weighted by atomic mass is 9.87. The summed E-state index contributed by atoms with van der Waals surface area (Å²) in [6.07, 6.45) is -13.9. The molecule has 5 heterocycles. The minimum Gasteiger partial charge on any atom is -0.504 e. The average molecular weight is 1240 g/mol. The second-order valence-electron chi connectivity index (χ2n) is 19.7. The molecule has 89 heavy (non-hydrogen) atoms. The Balaban J connectivity index is 1.17. The van der Waals surface area contributed by atoms with Crippen molar-refractivity contribution in [2.45, 2.75) is 30.7 Å². The minimum atomic E-state index is -2.86. The number of carbonyl (C=O) groups is 5. The number of rotatable bonds is 2. The van der Waals surface area contributed by atoms with Crippen molar-refractivity contribution in [2.24, 2.45) is 0 Å². The predicted octanol–water partition coefficient (Wildman–Crippen LogP) is 2.94. The molecule has 34 heteroatoms. The fourth-order valence-electron chi connectivity index (χ4n) is 10.7. The molecule has 3 aliphatic heterocycles. The van der Waals surface area contributed by atoms with Crippen LogP contribution in [0, 0.1) is 0 Å². The van der Waals surface area contributed by atoms with Crippen molar-refractivity contribution in [3.63, 3.8) is 0 Å². The zero-order valence-electron chi connectivity index (χ0n) is 43.2. The highest BCUT2D eigenvalue weighted by Crippen LogP contribution is 2.59. The number of carbonyl (C=O) groups excluding carboxylic acids is 5. The summed E-state index contributed by atoms with van der Waals surface area (Å²) in [7, 11) is 0. The van der Waals surface area contributed by atoms with Crippen LogP contribution < -0.4 is 11.3 Å². The molecule has 9 aromatic rings. The summed E-state index contributed by atoms with van der Waals surface area (Å²) in [5, 5.41) is 206. The molecule has 0 spiro atoms. The number of phenolic OH excluding ortho intramolecular Hbond substituents is 19. The highest BCUT2D eigenvalue weighted by atomic mass is 16.7. The van der Waals surface area contributed by atoms with E-state index in [1.165, 1.54) is 0 Å². The maximum atomic E-state index is 15.3. The zero-order valence-corrected chi connectivity index (χ0v) is 43.2. The summed E-state index contributed by atoms with van der Waals surface area (Å²) in [4.78, 5) is 103. The van der Waals surface area contributed by atoms with Gasteiger partial charge < -0.3 is 134 Å². The van der Waals surface area contributed by atoms with Crippen LogP contribution in [0.1, 0.15) is 51.8 Å². The SMILES string of the molecule is O=C(OC1OC2COC(=O)c3cc(O)c(O)c(O)c3-c3c(O)c(O)c4oc(=O)c5c(c(O)c(O)c6oc(=O)c3c4c65)-c3c(cc(O)c(O)c3O)C(=O)O[C@H]2[C@H]2OC(=O)c3cc(O)c(O)c(O)c3-c3c(cc(O)c(O)c3O)C(=O)O[C@H]12)c1cc(O)c(O)c(O)c1. The van der Waals surface area contributed by atoms with Crippen molar-refractivity contribution in [3.8, 4) is 143 Å². The highest BCUT2D eigenvalue weighted by molar-refractivity contribution is 6.29. The fourth-order valence-corrected chi connectivity index (χ4v) is 10.7. The molecule has 3 aliphatic rings. The van der Waals surface area contributed by atoms with Crippen molar-refractivity contribution < 1.29 is 158 Å². The molecule has 12 rings (SSSR count). The third kappa shape index (κ3) is 7.96. The van der Waals surface area contributed by atoms with E-state index in [0.717, 1.165) is 0 Å².